The molecule has 0 aliphatic heterocycles. The maximum Gasteiger partial charge on any atom is 0.223 e. The van der Waals surface area contributed by atoms with Gasteiger partial charge in [-0.05, 0) is 18.2 Å². The Morgan fingerprint density at radius 2 is 2.00 bits per heavy atom. The lowest BCUT2D eigenvalue weighted by Gasteiger charge is -1.96. The standard InChI is InChI=1S/C12H17N7/c1-6(2)10-17-8-4-3-7(5-9(8)18-10)16-12(15)19-11(13)14/h3-6H,1-2H3,(H,17,18)(H6,13,14,15,16,19). The first kappa shape index (κ1) is 12.9. The van der Waals surface area contributed by atoms with E-state index in [1.807, 2.05) is 18.2 Å². The fourth-order valence-corrected chi connectivity index (χ4v) is 1.65. The van der Waals surface area contributed by atoms with Gasteiger partial charge >= 0.3 is 0 Å². The Bertz CT molecular complexity index is 647. The summed E-state index contributed by atoms with van der Waals surface area (Å²) in [5.41, 5.74) is 18.5. The second-order valence-electron chi connectivity index (χ2n) is 4.48. The topological polar surface area (TPSA) is 131 Å². The van der Waals surface area contributed by atoms with Crippen molar-refractivity contribution in [2.75, 3.05) is 0 Å². The highest BCUT2D eigenvalue weighted by atomic mass is 15.1. The molecule has 2 aromatic rings. The number of nitrogens with one attached hydrogen (secondary N) is 1. The van der Waals surface area contributed by atoms with Crippen LogP contribution >= 0.6 is 0 Å². The minimum absolute atomic E-state index is 0.0166. The van der Waals surface area contributed by atoms with Gasteiger partial charge in [-0.2, -0.15) is 4.99 Å². The number of aliphatic imine (C=N–C) groups is 2. The van der Waals surface area contributed by atoms with Crippen LogP contribution in [0.2, 0.25) is 0 Å². The van der Waals surface area contributed by atoms with Gasteiger partial charge in [0.2, 0.25) is 5.96 Å². The van der Waals surface area contributed by atoms with Gasteiger partial charge in [-0.1, -0.05) is 13.8 Å². The number of imidazole rings is 1. The molecule has 0 spiro atoms. The molecule has 2 rings (SSSR count). The highest BCUT2D eigenvalue weighted by molar-refractivity contribution is 5.94. The molecule has 0 saturated heterocycles. The van der Waals surface area contributed by atoms with Crippen molar-refractivity contribution in [3.8, 4) is 0 Å². The van der Waals surface area contributed by atoms with Gasteiger partial charge in [0.15, 0.2) is 5.96 Å². The zero-order chi connectivity index (χ0) is 14.0. The van der Waals surface area contributed by atoms with Crippen molar-refractivity contribution in [2.45, 2.75) is 19.8 Å². The van der Waals surface area contributed by atoms with Crippen molar-refractivity contribution in [1.82, 2.24) is 9.97 Å². The van der Waals surface area contributed by atoms with Gasteiger partial charge < -0.3 is 22.2 Å². The zero-order valence-electron chi connectivity index (χ0n) is 10.9. The predicted octanol–water partition coefficient (Wildman–Crippen LogP) is 0.906. The van der Waals surface area contributed by atoms with Crippen LogP contribution in [-0.2, 0) is 0 Å². The Balaban J connectivity index is 2.39. The van der Waals surface area contributed by atoms with Crippen molar-refractivity contribution in [1.29, 1.82) is 0 Å². The zero-order valence-corrected chi connectivity index (χ0v) is 10.9. The molecule has 0 saturated carbocycles. The second kappa shape index (κ2) is 4.97. The molecule has 7 heteroatoms. The van der Waals surface area contributed by atoms with Gasteiger partial charge in [-0.25, -0.2) is 9.98 Å². The minimum Gasteiger partial charge on any atom is -0.370 e. The molecule has 19 heavy (non-hydrogen) atoms. The third-order valence-electron chi connectivity index (χ3n) is 2.52. The summed E-state index contributed by atoms with van der Waals surface area (Å²) < 4.78 is 0. The van der Waals surface area contributed by atoms with Gasteiger partial charge in [-0.15, -0.1) is 0 Å². The third kappa shape index (κ3) is 3.01. The van der Waals surface area contributed by atoms with Crippen molar-refractivity contribution in [3.63, 3.8) is 0 Å². The van der Waals surface area contributed by atoms with Crippen LogP contribution in [0.5, 0.6) is 0 Å². The molecule has 7 N–H and O–H groups in total. The molecule has 0 aliphatic rings. The molecule has 0 atom stereocenters. The average Bonchev–Trinajstić information content (AvgIpc) is 2.70. The van der Waals surface area contributed by atoms with Gasteiger partial charge in [-0.3, -0.25) is 0 Å². The molecule has 0 bridgehead atoms. The molecule has 0 radical (unpaired) electrons. The van der Waals surface area contributed by atoms with Crippen LogP contribution in [0.3, 0.4) is 0 Å². The number of benzene rings is 1. The summed E-state index contributed by atoms with van der Waals surface area (Å²) >= 11 is 0. The number of fused-ring (bicyclic) bond motifs is 1. The first-order chi connectivity index (χ1) is 8.95. The fraction of sp³-hybridized carbons (Fsp3) is 0.250. The Labute approximate surface area is 110 Å². The minimum atomic E-state index is -0.119. The van der Waals surface area contributed by atoms with E-state index < -0.39 is 0 Å². The van der Waals surface area contributed by atoms with E-state index in [2.05, 4.69) is 33.8 Å². The highest BCUT2D eigenvalue weighted by Crippen LogP contribution is 2.22. The molecular formula is C12H17N7. The second-order valence-corrected chi connectivity index (χ2v) is 4.48. The third-order valence-corrected chi connectivity index (χ3v) is 2.52. The first-order valence-electron chi connectivity index (χ1n) is 5.89. The maximum atomic E-state index is 5.58. The van der Waals surface area contributed by atoms with E-state index in [1.54, 1.807) is 0 Å². The van der Waals surface area contributed by atoms with Crippen LogP contribution in [0.15, 0.2) is 28.2 Å². The summed E-state index contributed by atoms with van der Waals surface area (Å²) in [5.74, 6) is 1.17. The van der Waals surface area contributed by atoms with E-state index in [0.29, 0.717) is 11.6 Å². The summed E-state index contributed by atoms with van der Waals surface area (Å²) in [4.78, 5) is 15.5. The number of rotatable bonds is 2. The van der Waals surface area contributed by atoms with Crippen molar-refractivity contribution < 1.29 is 0 Å². The molecule has 0 fully saturated rings. The molecule has 0 unspecified atom stereocenters. The highest BCUT2D eigenvalue weighted by Gasteiger charge is 2.06. The molecular weight excluding hydrogens is 242 g/mol. The van der Waals surface area contributed by atoms with Crippen molar-refractivity contribution >= 4 is 28.6 Å². The Morgan fingerprint density at radius 3 is 2.63 bits per heavy atom. The lowest BCUT2D eigenvalue weighted by molar-refractivity contribution is 0.799. The summed E-state index contributed by atoms with van der Waals surface area (Å²) in [6.45, 7) is 4.15. The number of guanidine groups is 2. The number of nitrogens with zero attached hydrogens (tertiary/aromatic N) is 3. The molecule has 7 nitrogen and oxygen atoms in total. The summed E-state index contributed by atoms with van der Waals surface area (Å²) in [6, 6.07) is 5.53. The van der Waals surface area contributed by atoms with Gasteiger partial charge in [0.05, 0.1) is 16.7 Å². The van der Waals surface area contributed by atoms with Crippen LogP contribution in [-0.4, -0.2) is 21.9 Å². The molecule has 0 amide bonds. The van der Waals surface area contributed by atoms with Crippen LogP contribution in [0, 0.1) is 0 Å². The molecule has 1 heterocycles. The SMILES string of the molecule is CC(C)c1nc2ccc(N=C(N)N=C(N)N)cc2[nH]1. The van der Waals surface area contributed by atoms with Gasteiger partial charge in [0, 0.05) is 5.92 Å². The summed E-state index contributed by atoms with van der Waals surface area (Å²) in [5, 5.41) is 0. The Hall–Kier alpha value is -2.57. The molecule has 1 aromatic heterocycles. The number of hydrogen-bond donors (Lipinski definition) is 4. The van der Waals surface area contributed by atoms with Crippen LogP contribution in [0.25, 0.3) is 11.0 Å². The van der Waals surface area contributed by atoms with Crippen LogP contribution in [0.4, 0.5) is 5.69 Å². The fourth-order valence-electron chi connectivity index (χ4n) is 1.65. The van der Waals surface area contributed by atoms with Crippen LogP contribution < -0.4 is 17.2 Å². The number of H-pyrrole nitrogens is 1. The van der Waals surface area contributed by atoms with E-state index in [1.165, 1.54) is 0 Å². The number of nitrogens with two attached hydrogens (primary N) is 3. The Morgan fingerprint density at radius 1 is 1.26 bits per heavy atom. The van der Waals surface area contributed by atoms with Gasteiger partial charge in [0.25, 0.3) is 0 Å². The van der Waals surface area contributed by atoms with Gasteiger partial charge in [0.1, 0.15) is 5.82 Å². The summed E-state index contributed by atoms with van der Waals surface area (Å²) in [6.07, 6.45) is 0. The normalized spacial score (nSPS) is 12.1. The quantitative estimate of drug-likeness (QED) is 0.471. The van der Waals surface area contributed by atoms with E-state index in [4.69, 9.17) is 17.2 Å². The van der Waals surface area contributed by atoms with Crippen molar-refractivity contribution in [2.24, 2.45) is 27.2 Å². The van der Waals surface area contributed by atoms with E-state index in [9.17, 15) is 0 Å². The lowest BCUT2D eigenvalue weighted by atomic mass is 10.2. The lowest BCUT2D eigenvalue weighted by Crippen LogP contribution is -2.26. The van der Waals surface area contributed by atoms with Crippen LogP contribution in [0.1, 0.15) is 25.6 Å². The number of hydrogen-bond acceptors (Lipinski definition) is 2. The molecule has 100 valence electrons. The van der Waals surface area contributed by atoms with E-state index in [0.717, 1.165) is 16.9 Å². The molecule has 0 aliphatic carbocycles. The number of aromatic nitrogens is 2. The predicted molar refractivity (Wildman–Crippen MR) is 77.3 cm³/mol. The Kier molecular flexibility index (Phi) is 3.37. The van der Waals surface area contributed by atoms with E-state index in [-0.39, 0.29) is 11.9 Å². The van der Waals surface area contributed by atoms with Crippen molar-refractivity contribution in [3.05, 3.63) is 24.0 Å². The smallest absolute Gasteiger partial charge is 0.223 e. The summed E-state index contributed by atoms with van der Waals surface area (Å²) in [7, 11) is 0. The molecule has 1 aromatic carbocycles. The van der Waals surface area contributed by atoms with E-state index >= 15 is 0 Å². The average molecular weight is 259 g/mol. The largest absolute Gasteiger partial charge is 0.370 e. The number of aromatic amines is 1. The maximum absolute atomic E-state index is 5.58. The monoisotopic (exact) mass is 259 g/mol. The first-order valence-corrected chi connectivity index (χ1v) is 5.89.